The second kappa shape index (κ2) is 23.5. The largest absolute Gasteiger partial charge is 0.381 e. The molecule has 0 aliphatic rings. The first kappa shape index (κ1) is 28.7. The van der Waals surface area contributed by atoms with Gasteiger partial charge in [-0.05, 0) is 43.9 Å². The summed E-state index contributed by atoms with van der Waals surface area (Å²) in [5.74, 6) is 0.966. The van der Waals surface area contributed by atoms with Gasteiger partial charge in [-0.15, -0.1) is 0 Å². The number of hydrogen-bond donors (Lipinski definition) is 0. The van der Waals surface area contributed by atoms with E-state index < -0.39 is 0 Å². The van der Waals surface area contributed by atoms with Crippen LogP contribution in [-0.4, -0.2) is 63.7 Å². The summed E-state index contributed by atoms with van der Waals surface area (Å²) in [6.07, 6.45) is 11.4. The molecule has 0 aromatic carbocycles. The molecule has 0 saturated heterocycles. The number of methoxy groups -OCH3 is 1. The van der Waals surface area contributed by atoms with Crippen LogP contribution in [0.3, 0.4) is 0 Å². The summed E-state index contributed by atoms with van der Waals surface area (Å²) in [7, 11) is 1.61. The summed E-state index contributed by atoms with van der Waals surface area (Å²) < 4.78 is 5.15. The quantitative estimate of drug-likeness (QED) is 0.220. The smallest absolute Gasteiger partial charge is 0.234 e. The normalized spacial score (nSPS) is 12.4. The standard InChI is InChI=1S/C11H18N2O2.C9H14N2O3/c1-10(5-6-12-8-14)3-4-11(2)7-13-9-15;1-14-9(4-6-11-8-13)3-2-5-10-7-12/h10-11H,3-7H2,1-2H3;9H,2-6H2,1H3. The van der Waals surface area contributed by atoms with Gasteiger partial charge in [0.2, 0.25) is 24.3 Å². The number of nitrogens with zero attached hydrogens (tertiary/aromatic N) is 4. The summed E-state index contributed by atoms with van der Waals surface area (Å²) in [6, 6.07) is 0. The molecule has 3 atom stereocenters. The lowest BCUT2D eigenvalue weighted by molar-refractivity contribution is 0.0889. The molecule has 0 heterocycles. The van der Waals surface area contributed by atoms with Crippen molar-refractivity contribution in [1.29, 1.82) is 0 Å². The highest BCUT2D eigenvalue weighted by atomic mass is 16.5. The molecule has 0 saturated carbocycles. The van der Waals surface area contributed by atoms with Crippen LogP contribution in [0.5, 0.6) is 0 Å². The highest BCUT2D eigenvalue weighted by Gasteiger charge is 2.06. The van der Waals surface area contributed by atoms with E-state index in [1.165, 1.54) is 18.2 Å². The average Bonchev–Trinajstić information content (AvgIpc) is 2.73. The van der Waals surface area contributed by atoms with Gasteiger partial charge in [-0.25, -0.2) is 39.1 Å². The van der Waals surface area contributed by atoms with Gasteiger partial charge in [-0.2, -0.15) is 0 Å². The number of aliphatic imine (C=N–C) groups is 4. The molecule has 0 aliphatic heterocycles. The van der Waals surface area contributed by atoms with E-state index in [1.807, 2.05) is 0 Å². The lowest BCUT2D eigenvalue weighted by atomic mass is 9.96. The van der Waals surface area contributed by atoms with Crippen LogP contribution in [0, 0.1) is 11.8 Å². The van der Waals surface area contributed by atoms with Crippen molar-refractivity contribution >= 4 is 24.3 Å². The van der Waals surface area contributed by atoms with E-state index in [0.717, 1.165) is 32.1 Å². The molecule has 0 bridgehead atoms. The Kier molecular flexibility index (Phi) is 23.3. The first-order valence-corrected chi connectivity index (χ1v) is 9.72. The summed E-state index contributed by atoms with van der Waals surface area (Å²) in [5.41, 5.74) is 0. The van der Waals surface area contributed by atoms with Gasteiger partial charge < -0.3 is 4.74 Å². The van der Waals surface area contributed by atoms with E-state index in [9.17, 15) is 19.2 Å². The molecule has 9 heteroatoms. The van der Waals surface area contributed by atoms with Gasteiger partial charge in [0.05, 0.1) is 32.3 Å². The number of isocyanates is 4. The average molecular weight is 408 g/mol. The molecule has 9 nitrogen and oxygen atoms in total. The molecular formula is C20H32N4O5. The maximum atomic E-state index is 9.88. The van der Waals surface area contributed by atoms with Gasteiger partial charge in [0.1, 0.15) is 0 Å². The molecule has 0 radical (unpaired) electrons. The van der Waals surface area contributed by atoms with Crippen LogP contribution in [0.2, 0.25) is 0 Å². The number of ether oxygens (including phenoxy) is 1. The minimum Gasteiger partial charge on any atom is -0.381 e. The van der Waals surface area contributed by atoms with Crippen LogP contribution in [0.15, 0.2) is 20.0 Å². The van der Waals surface area contributed by atoms with Crippen LogP contribution in [0.4, 0.5) is 0 Å². The lowest BCUT2D eigenvalue weighted by Gasteiger charge is -2.12. The number of carbonyl (C=O) groups excluding carboxylic acids is 4. The Morgan fingerprint density at radius 2 is 1.17 bits per heavy atom. The van der Waals surface area contributed by atoms with E-state index in [2.05, 4.69) is 33.8 Å². The fourth-order valence-corrected chi connectivity index (χ4v) is 2.41. The monoisotopic (exact) mass is 408 g/mol. The van der Waals surface area contributed by atoms with Crippen molar-refractivity contribution < 1.29 is 23.9 Å². The van der Waals surface area contributed by atoms with Crippen LogP contribution in [0.25, 0.3) is 0 Å². The maximum absolute atomic E-state index is 9.88. The van der Waals surface area contributed by atoms with Crippen molar-refractivity contribution in [3.8, 4) is 0 Å². The third-order valence-electron chi connectivity index (χ3n) is 4.24. The Balaban J connectivity index is 0. The second-order valence-electron chi connectivity index (χ2n) is 6.72. The van der Waals surface area contributed by atoms with E-state index in [-0.39, 0.29) is 6.10 Å². The van der Waals surface area contributed by atoms with Gasteiger partial charge in [0, 0.05) is 7.11 Å². The lowest BCUT2D eigenvalue weighted by Crippen LogP contribution is -2.12. The molecule has 0 aliphatic carbocycles. The molecule has 0 amide bonds. The van der Waals surface area contributed by atoms with Crippen molar-refractivity contribution in [3.63, 3.8) is 0 Å². The first-order chi connectivity index (χ1) is 14.0. The number of hydrogen-bond acceptors (Lipinski definition) is 9. The highest BCUT2D eigenvalue weighted by molar-refractivity contribution is 5.33. The molecule has 29 heavy (non-hydrogen) atoms. The third kappa shape index (κ3) is 23.4. The van der Waals surface area contributed by atoms with Gasteiger partial charge in [0.15, 0.2) is 0 Å². The number of rotatable bonds is 16. The van der Waals surface area contributed by atoms with Crippen LogP contribution in [-0.2, 0) is 23.9 Å². The Bertz CT molecular complexity index is 588. The topological polar surface area (TPSA) is 127 Å². The zero-order valence-corrected chi connectivity index (χ0v) is 17.6. The van der Waals surface area contributed by atoms with Gasteiger partial charge in [0.25, 0.3) is 0 Å². The van der Waals surface area contributed by atoms with Crippen molar-refractivity contribution in [2.24, 2.45) is 31.8 Å². The minimum absolute atomic E-state index is 0.0638. The van der Waals surface area contributed by atoms with Crippen molar-refractivity contribution in [2.45, 2.75) is 58.5 Å². The minimum atomic E-state index is 0.0638. The van der Waals surface area contributed by atoms with Crippen LogP contribution in [0.1, 0.15) is 52.4 Å². The van der Waals surface area contributed by atoms with E-state index >= 15 is 0 Å². The zero-order chi connectivity index (χ0) is 22.2. The fraction of sp³-hybridized carbons (Fsp3) is 0.800. The van der Waals surface area contributed by atoms with Crippen molar-refractivity contribution in [1.82, 2.24) is 0 Å². The van der Waals surface area contributed by atoms with Gasteiger partial charge in [-0.1, -0.05) is 20.3 Å². The van der Waals surface area contributed by atoms with E-state index in [4.69, 9.17) is 4.74 Å². The first-order valence-electron chi connectivity index (χ1n) is 9.72. The molecule has 0 aromatic heterocycles. The van der Waals surface area contributed by atoms with Crippen LogP contribution < -0.4 is 0 Å². The van der Waals surface area contributed by atoms with E-state index in [1.54, 1.807) is 13.2 Å². The molecule has 162 valence electrons. The molecular weight excluding hydrogens is 376 g/mol. The molecule has 3 unspecified atom stereocenters. The predicted octanol–water partition coefficient (Wildman–Crippen LogP) is 2.94. The summed E-state index contributed by atoms with van der Waals surface area (Å²) in [4.78, 5) is 53.2. The van der Waals surface area contributed by atoms with Crippen molar-refractivity contribution in [2.75, 3.05) is 33.3 Å². The molecule has 0 aromatic rings. The summed E-state index contributed by atoms with van der Waals surface area (Å²) >= 11 is 0. The van der Waals surface area contributed by atoms with Gasteiger partial charge >= 0.3 is 0 Å². The highest BCUT2D eigenvalue weighted by Crippen LogP contribution is 2.15. The van der Waals surface area contributed by atoms with Crippen molar-refractivity contribution in [3.05, 3.63) is 0 Å². The van der Waals surface area contributed by atoms with Crippen LogP contribution >= 0.6 is 0 Å². The fourth-order valence-electron chi connectivity index (χ4n) is 2.41. The predicted molar refractivity (Wildman–Crippen MR) is 109 cm³/mol. The Morgan fingerprint density at radius 3 is 1.72 bits per heavy atom. The summed E-state index contributed by atoms with van der Waals surface area (Å²) in [5, 5.41) is 0. The molecule has 0 rings (SSSR count). The Labute approximate surface area is 172 Å². The third-order valence-corrected chi connectivity index (χ3v) is 4.24. The van der Waals surface area contributed by atoms with Gasteiger partial charge in [-0.3, -0.25) is 0 Å². The Morgan fingerprint density at radius 1 is 0.655 bits per heavy atom. The Hall–Kier alpha value is -2.52. The SMILES string of the molecule is CC(CCN=C=O)CCC(C)CN=C=O.COC(CCCN=C=O)CCN=C=O. The molecule has 0 spiro atoms. The maximum Gasteiger partial charge on any atom is 0.234 e. The molecule has 0 N–H and O–H groups in total. The second-order valence-corrected chi connectivity index (χ2v) is 6.72. The molecule has 0 fully saturated rings. The van der Waals surface area contributed by atoms with E-state index in [0.29, 0.717) is 44.4 Å². The summed E-state index contributed by atoms with van der Waals surface area (Å²) in [6.45, 7) is 6.22. The zero-order valence-electron chi connectivity index (χ0n) is 17.6.